The van der Waals surface area contributed by atoms with Crippen molar-refractivity contribution in [2.75, 3.05) is 13.7 Å². The van der Waals surface area contributed by atoms with E-state index in [1.165, 1.54) is 12.1 Å². The molecule has 3 rings (SSSR count). The summed E-state index contributed by atoms with van der Waals surface area (Å²) < 4.78 is 4.82. The molecule has 0 aromatic heterocycles. The number of benzene rings is 2. The molecule has 2 aromatic rings. The van der Waals surface area contributed by atoms with Crippen LogP contribution in [0.2, 0.25) is 0 Å². The molecule has 4 bridgehead atoms. The van der Waals surface area contributed by atoms with E-state index in [9.17, 15) is 29.7 Å². The first-order chi connectivity index (χ1) is 16.6. The summed E-state index contributed by atoms with van der Waals surface area (Å²) >= 11 is 0. The Morgan fingerprint density at radius 2 is 1.54 bits per heavy atom. The monoisotopic (exact) mass is 558 g/mol. The maximum absolute atomic E-state index is 13.1. The highest BCUT2D eigenvalue weighted by Crippen LogP contribution is 2.30. The Labute approximate surface area is 226 Å². The van der Waals surface area contributed by atoms with Crippen molar-refractivity contribution in [3.8, 4) is 22.6 Å². The number of carbonyl (C=O) groups excluding carboxylic acids is 3. The van der Waals surface area contributed by atoms with Crippen molar-refractivity contribution in [1.82, 2.24) is 10.6 Å². The number of hydrogen-bond acceptors (Lipinski definition) is 9. The third-order valence-electron chi connectivity index (χ3n) is 5.91. The molecule has 0 unspecified atom stereocenters. The summed E-state index contributed by atoms with van der Waals surface area (Å²) in [6.07, 6.45) is -1.48. The molecule has 37 heavy (non-hydrogen) atoms. The van der Waals surface area contributed by atoms with Crippen molar-refractivity contribution < 1.29 is 34.4 Å². The van der Waals surface area contributed by atoms with E-state index in [4.69, 9.17) is 16.2 Å². The molecule has 9 N–H and O–H groups in total. The molecule has 2 aromatic carbocycles. The number of ether oxygens (including phenoxy) is 1. The fourth-order valence-corrected chi connectivity index (χ4v) is 3.89. The van der Waals surface area contributed by atoms with Crippen molar-refractivity contribution in [1.29, 1.82) is 0 Å². The number of methoxy groups -OCH3 is 1. The van der Waals surface area contributed by atoms with Gasteiger partial charge >= 0.3 is 5.97 Å². The van der Waals surface area contributed by atoms with Crippen molar-refractivity contribution in [3.05, 3.63) is 47.5 Å². The molecule has 1 aliphatic heterocycles. The number of phenols is 2. The Hall–Kier alpha value is -3.09. The van der Waals surface area contributed by atoms with Crippen LogP contribution in [0.25, 0.3) is 11.1 Å². The zero-order chi connectivity index (χ0) is 25.7. The SMILES string of the molecule is COC(=O)[C@@H]1Cc2cc(ccc2O)-c2ccc(O)c(c2)C[C@@H](N)C(=O)N[C@@H](C[C@@H](O)CN)C(=O)N1.Cl.Cl. The molecule has 0 spiro atoms. The molecule has 1 aliphatic rings. The number of halogens is 2. The van der Waals surface area contributed by atoms with Crippen LogP contribution in [-0.4, -0.2) is 71.0 Å². The van der Waals surface area contributed by atoms with Crippen LogP contribution in [0.1, 0.15) is 17.5 Å². The summed E-state index contributed by atoms with van der Waals surface area (Å²) in [6.45, 7) is -0.159. The minimum atomic E-state index is -1.26. The second kappa shape index (κ2) is 14.0. The summed E-state index contributed by atoms with van der Waals surface area (Å²) in [5, 5.41) is 35.8. The molecule has 0 saturated heterocycles. The maximum atomic E-state index is 13.1. The number of hydrogen-bond donors (Lipinski definition) is 7. The molecule has 0 aliphatic carbocycles. The molecule has 1 heterocycles. The van der Waals surface area contributed by atoms with Gasteiger partial charge in [0.1, 0.15) is 23.6 Å². The molecular weight excluding hydrogens is 527 g/mol. The molecule has 2 amide bonds. The summed E-state index contributed by atoms with van der Waals surface area (Å²) in [5.74, 6) is -2.37. The quantitative estimate of drug-likeness (QED) is 0.250. The number of aliphatic hydroxyl groups excluding tert-OH is 1. The second-order valence-electron chi connectivity index (χ2n) is 8.47. The Balaban J connectivity index is 0.00000342. The Morgan fingerprint density at radius 3 is 2.05 bits per heavy atom. The molecule has 11 nitrogen and oxygen atoms in total. The minimum Gasteiger partial charge on any atom is -0.508 e. The van der Waals surface area contributed by atoms with Gasteiger partial charge in [0, 0.05) is 25.8 Å². The zero-order valence-corrected chi connectivity index (χ0v) is 21.7. The van der Waals surface area contributed by atoms with E-state index in [1.807, 2.05) is 0 Å². The molecule has 0 radical (unpaired) electrons. The van der Waals surface area contributed by atoms with Crippen molar-refractivity contribution in [2.45, 2.75) is 43.5 Å². The summed E-state index contributed by atoms with van der Waals surface area (Å²) in [5.41, 5.74) is 13.7. The van der Waals surface area contributed by atoms with E-state index in [-0.39, 0.29) is 62.1 Å². The lowest BCUT2D eigenvalue weighted by Crippen LogP contribution is -2.56. The number of rotatable bonds is 4. The van der Waals surface area contributed by atoms with Gasteiger partial charge in [-0.25, -0.2) is 4.79 Å². The molecule has 204 valence electrons. The number of amides is 2. The highest BCUT2D eigenvalue weighted by molar-refractivity contribution is 5.92. The lowest BCUT2D eigenvalue weighted by atomic mass is 9.95. The lowest BCUT2D eigenvalue weighted by Gasteiger charge is -2.25. The van der Waals surface area contributed by atoms with Gasteiger partial charge in [0.15, 0.2) is 0 Å². The highest BCUT2D eigenvalue weighted by Gasteiger charge is 2.31. The fourth-order valence-electron chi connectivity index (χ4n) is 3.89. The number of nitrogens with two attached hydrogens (primary N) is 2. The van der Waals surface area contributed by atoms with E-state index in [1.54, 1.807) is 24.3 Å². The Morgan fingerprint density at radius 1 is 1.00 bits per heavy atom. The lowest BCUT2D eigenvalue weighted by molar-refractivity contribution is -0.145. The van der Waals surface area contributed by atoms with E-state index < -0.39 is 42.0 Å². The van der Waals surface area contributed by atoms with Crippen LogP contribution in [0, 0.1) is 0 Å². The van der Waals surface area contributed by atoms with E-state index in [2.05, 4.69) is 10.6 Å². The predicted octanol–water partition coefficient (Wildman–Crippen LogP) is -0.113. The normalized spacial score (nSPS) is 20.5. The Bertz CT molecular complexity index is 1120. The van der Waals surface area contributed by atoms with E-state index in [0.29, 0.717) is 22.3 Å². The number of phenolic OH excluding ortho intramolecular Hbond substituents is 2. The van der Waals surface area contributed by atoms with Crippen LogP contribution < -0.4 is 22.1 Å². The highest BCUT2D eigenvalue weighted by atomic mass is 35.5. The molecule has 13 heteroatoms. The van der Waals surface area contributed by atoms with Crippen molar-refractivity contribution in [3.63, 3.8) is 0 Å². The van der Waals surface area contributed by atoms with Gasteiger partial charge in [-0.05, 0) is 46.5 Å². The smallest absolute Gasteiger partial charge is 0.328 e. The second-order valence-corrected chi connectivity index (χ2v) is 8.47. The molecule has 0 saturated carbocycles. The molecule has 0 fully saturated rings. The average molecular weight is 559 g/mol. The predicted molar refractivity (Wildman–Crippen MR) is 141 cm³/mol. The standard InChI is InChI=1S/C24H30N4O7.2ClH/c1-35-24(34)19-9-15-7-13(3-5-21(15)31)12-2-4-20(30)14(6-12)8-17(26)22(32)27-18(23(33)28-19)10-16(29)11-25;;/h2-7,16-19,29-31H,8-11,25-26H2,1H3,(H,27,32)(H,28,33);2*1H/t16-,17-,18+,19+;;/m1../s1. The van der Waals surface area contributed by atoms with E-state index in [0.717, 1.165) is 7.11 Å². The van der Waals surface area contributed by atoms with Crippen LogP contribution in [0.5, 0.6) is 11.5 Å². The van der Waals surface area contributed by atoms with Gasteiger partial charge < -0.3 is 42.2 Å². The van der Waals surface area contributed by atoms with Gasteiger partial charge in [-0.1, -0.05) is 12.1 Å². The fraction of sp³-hybridized carbons (Fsp3) is 0.375. The Kier molecular flexibility index (Phi) is 12.1. The number of esters is 1. The van der Waals surface area contributed by atoms with E-state index >= 15 is 0 Å². The average Bonchev–Trinajstić information content (AvgIpc) is 2.84. The number of carbonyl (C=O) groups is 3. The molecule has 4 atom stereocenters. The van der Waals surface area contributed by atoms with Gasteiger partial charge in [0.2, 0.25) is 11.8 Å². The minimum absolute atomic E-state index is 0. The first kappa shape index (κ1) is 31.9. The van der Waals surface area contributed by atoms with Crippen LogP contribution >= 0.6 is 24.8 Å². The largest absolute Gasteiger partial charge is 0.508 e. The van der Waals surface area contributed by atoms with Gasteiger partial charge in [0.25, 0.3) is 0 Å². The first-order valence-corrected chi connectivity index (χ1v) is 11.1. The first-order valence-electron chi connectivity index (χ1n) is 11.1. The molecular formula is C24H32Cl2N4O7. The van der Waals surface area contributed by atoms with Gasteiger partial charge in [-0.3, -0.25) is 9.59 Å². The number of nitrogens with one attached hydrogen (secondary N) is 2. The number of fused-ring (bicyclic) bond motifs is 5. The third kappa shape index (κ3) is 7.94. The summed E-state index contributed by atoms with van der Waals surface area (Å²) in [7, 11) is 1.16. The maximum Gasteiger partial charge on any atom is 0.328 e. The van der Waals surface area contributed by atoms with Crippen molar-refractivity contribution >= 4 is 42.6 Å². The number of aliphatic hydroxyl groups is 1. The van der Waals surface area contributed by atoms with Crippen LogP contribution in [-0.2, 0) is 32.0 Å². The topological polar surface area (TPSA) is 197 Å². The summed E-state index contributed by atoms with van der Waals surface area (Å²) in [6, 6.07) is 6.02. The number of aromatic hydroxyl groups is 2. The van der Waals surface area contributed by atoms with Crippen LogP contribution in [0.15, 0.2) is 36.4 Å². The summed E-state index contributed by atoms with van der Waals surface area (Å²) in [4.78, 5) is 38.4. The van der Waals surface area contributed by atoms with Gasteiger partial charge in [-0.15, -0.1) is 24.8 Å². The van der Waals surface area contributed by atoms with Crippen LogP contribution in [0.3, 0.4) is 0 Å². The third-order valence-corrected chi connectivity index (χ3v) is 5.91. The zero-order valence-electron chi connectivity index (χ0n) is 20.0. The van der Waals surface area contributed by atoms with Crippen LogP contribution in [0.4, 0.5) is 0 Å². The van der Waals surface area contributed by atoms with Crippen molar-refractivity contribution in [2.24, 2.45) is 11.5 Å². The van der Waals surface area contributed by atoms with Gasteiger partial charge in [-0.2, -0.15) is 0 Å². The van der Waals surface area contributed by atoms with Gasteiger partial charge in [0.05, 0.1) is 19.3 Å².